The lowest BCUT2D eigenvalue weighted by atomic mass is 9.97. The Kier molecular flexibility index (Phi) is 5.96. The van der Waals surface area contributed by atoms with E-state index in [9.17, 15) is 18.0 Å². The number of methoxy groups -OCH3 is 1. The minimum absolute atomic E-state index is 0.0719. The zero-order valence-corrected chi connectivity index (χ0v) is 18.1. The van der Waals surface area contributed by atoms with E-state index in [2.05, 4.69) is 15.7 Å². The number of alkyl halides is 3. The molecule has 2 N–H and O–H groups in total. The Morgan fingerprint density at radius 3 is 2.56 bits per heavy atom. The maximum atomic E-state index is 13.9. The Balaban J connectivity index is 1.68. The molecule has 1 aromatic heterocycles. The number of fused-ring (bicyclic) bond motifs is 1. The maximum Gasteiger partial charge on any atom is 0.410 e. The molecule has 1 aliphatic heterocycles. The van der Waals surface area contributed by atoms with Gasteiger partial charge in [-0.05, 0) is 35.9 Å². The lowest BCUT2D eigenvalue weighted by Gasteiger charge is -2.33. The number of halogens is 5. The fourth-order valence-corrected chi connectivity index (χ4v) is 4.00. The number of amides is 1. The smallest absolute Gasteiger partial charge is 0.410 e. The highest BCUT2D eigenvalue weighted by atomic mass is 35.5. The summed E-state index contributed by atoms with van der Waals surface area (Å²) in [7, 11) is 1.50. The van der Waals surface area contributed by atoms with Crippen molar-refractivity contribution in [2.24, 2.45) is 0 Å². The molecule has 1 aliphatic rings. The Labute approximate surface area is 191 Å². The Morgan fingerprint density at radius 1 is 1.22 bits per heavy atom. The van der Waals surface area contributed by atoms with Gasteiger partial charge in [0.2, 0.25) is 0 Å². The van der Waals surface area contributed by atoms with Gasteiger partial charge in [0.1, 0.15) is 16.6 Å². The van der Waals surface area contributed by atoms with Crippen LogP contribution in [0.2, 0.25) is 10.0 Å². The Morgan fingerprint density at radius 2 is 1.94 bits per heavy atom. The summed E-state index contributed by atoms with van der Waals surface area (Å²) in [5, 5.41) is 9.65. The summed E-state index contributed by atoms with van der Waals surface area (Å²) in [4.78, 5) is 12.7. The van der Waals surface area contributed by atoms with Gasteiger partial charge < -0.3 is 15.4 Å². The largest absolute Gasteiger partial charge is 0.497 e. The number of anilines is 2. The number of rotatable bonds is 4. The van der Waals surface area contributed by atoms with Crippen molar-refractivity contribution in [3.05, 3.63) is 69.8 Å². The summed E-state index contributed by atoms with van der Waals surface area (Å²) in [6, 6.07) is 10.4. The van der Waals surface area contributed by atoms with Crippen molar-refractivity contribution in [1.29, 1.82) is 0 Å². The molecule has 4 rings (SSSR count). The van der Waals surface area contributed by atoms with Crippen LogP contribution in [0.15, 0.2) is 48.5 Å². The number of carbonyl (C=O) groups is 1. The minimum Gasteiger partial charge on any atom is -0.497 e. The zero-order valence-electron chi connectivity index (χ0n) is 16.6. The van der Waals surface area contributed by atoms with Gasteiger partial charge in [-0.15, -0.1) is 0 Å². The molecule has 3 aromatic rings. The average molecular weight is 485 g/mol. The van der Waals surface area contributed by atoms with E-state index in [1.807, 2.05) is 0 Å². The second-order valence-electron chi connectivity index (χ2n) is 7.18. The van der Waals surface area contributed by atoms with Crippen molar-refractivity contribution in [3.63, 3.8) is 0 Å². The number of aromatic nitrogens is 2. The van der Waals surface area contributed by atoms with Crippen molar-refractivity contribution in [3.8, 4) is 5.75 Å². The van der Waals surface area contributed by atoms with Crippen LogP contribution >= 0.6 is 23.2 Å². The molecule has 0 unspecified atom stereocenters. The molecule has 0 saturated carbocycles. The van der Waals surface area contributed by atoms with Crippen LogP contribution < -0.4 is 15.4 Å². The van der Waals surface area contributed by atoms with Crippen molar-refractivity contribution in [2.75, 3.05) is 17.7 Å². The second-order valence-corrected chi connectivity index (χ2v) is 8.00. The third-order valence-electron chi connectivity index (χ3n) is 5.11. The summed E-state index contributed by atoms with van der Waals surface area (Å²) >= 11 is 12.2. The molecule has 1 amide bonds. The number of nitrogens with zero attached hydrogens (tertiary/aromatic N) is 2. The van der Waals surface area contributed by atoms with Gasteiger partial charge in [0.25, 0.3) is 5.91 Å². The molecule has 0 spiro atoms. The predicted molar refractivity (Wildman–Crippen MR) is 116 cm³/mol. The van der Waals surface area contributed by atoms with Crippen LogP contribution in [0.4, 0.5) is 24.7 Å². The van der Waals surface area contributed by atoms with Gasteiger partial charge in [-0.1, -0.05) is 41.4 Å². The zero-order chi connectivity index (χ0) is 23.0. The molecule has 2 atom stereocenters. The number of hydrogen-bond acceptors (Lipinski definition) is 4. The summed E-state index contributed by atoms with van der Waals surface area (Å²) in [6.07, 6.45) is -4.92. The van der Waals surface area contributed by atoms with E-state index < -0.39 is 24.2 Å². The molecule has 2 aromatic carbocycles. The van der Waals surface area contributed by atoms with Crippen LogP contribution in [-0.2, 0) is 0 Å². The average Bonchev–Trinajstić information content (AvgIpc) is 3.09. The lowest BCUT2D eigenvalue weighted by Crippen LogP contribution is -2.35. The number of ether oxygens (including phenoxy) is 1. The molecule has 0 bridgehead atoms. The molecule has 2 heterocycles. The van der Waals surface area contributed by atoms with Crippen LogP contribution in [0.1, 0.15) is 34.6 Å². The Bertz CT molecular complexity index is 1150. The summed E-state index contributed by atoms with van der Waals surface area (Å²) in [5.74, 6) is -0.236. The first-order valence-corrected chi connectivity index (χ1v) is 10.2. The van der Waals surface area contributed by atoms with Gasteiger partial charge >= 0.3 is 6.18 Å². The summed E-state index contributed by atoms with van der Waals surface area (Å²) in [5.41, 5.74) is 0.660. The lowest BCUT2D eigenvalue weighted by molar-refractivity contribution is -0.173. The predicted octanol–water partition coefficient (Wildman–Crippen LogP) is 6.11. The van der Waals surface area contributed by atoms with Crippen molar-refractivity contribution in [1.82, 2.24) is 9.78 Å². The molecule has 11 heteroatoms. The van der Waals surface area contributed by atoms with E-state index in [4.69, 9.17) is 27.9 Å². The highest BCUT2D eigenvalue weighted by Crippen LogP contribution is 2.46. The second kappa shape index (κ2) is 8.55. The number of carbonyl (C=O) groups excluding carboxylic acids is 1. The Hall–Kier alpha value is -2.91. The summed E-state index contributed by atoms with van der Waals surface area (Å²) < 4.78 is 47.5. The number of hydrogen-bond donors (Lipinski definition) is 2. The summed E-state index contributed by atoms with van der Waals surface area (Å²) in [6.45, 7) is 0. The van der Waals surface area contributed by atoms with Gasteiger partial charge in [-0.3, -0.25) is 4.79 Å². The van der Waals surface area contributed by atoms with E-state index in [1.165, 1.54) is 13.2 Å². The standard InChI is InChI=1S/C21H17Cl2F3N4O2/c1-32-14-7-5-11(6-8-14)15-10-16(21(24,25)26)30-19(28-15)17(23)18(29-30)20(31)27-13-4-2-3-12(22)9-13/h2-9,15-16,28H,10H2,1H3,(H,27,31)/t15-,16-/m1/s1. The van der Waals surface area contributed by atoms with Gasteiger partial charge in [0.15, 0.2) is 11.7 Å². The highest BCUT2D eigenvalue weighted by molar-refractivity contribution is 6.36. The van der Waals surface area contributed by atoms with Crippen LogP contribution in [0.5, 0.6) is 5.75 Å². The minimum atomic E-state index is -4.60. The SMILES string of the molecule is COc1ccc([C@H]2C[C@H](C(F)(F)F)n3nc(C(=O)Nc4cccc(Cl)c4)c(Cl)c3N2)cc1. The van der Waals surface area contributed by atoms with E-state index in [0.29, 0.717) is 22.0 Å². The van der Waals surface area contributed by atoms with Crippen LogP contribution in [0.25, 0.3) is 0 Å². The van der Waals surface area contributed by atoms with Gasteiger partial charge in [-0.25, -0.2) is 4.68 Å². The fourth-order valence-electron chi connectivity index (χ4n) is 3.55. The fraction of sp³-hybridized carbons (Fsp3) is 0.238. The maximum absolute atomic E-state index is 13.9. The van der Waals surface area contributed by atoms with E-state index in [-0.39, 0.29) is 23.0 Å². The molecule has 168 valence electrons. The van der Waals surface area contributed by atoms with Crippen LogP contribution in [-0.4, -0.2) is 29.0 Å². The molecular formula is C21H17Cl2F3N4O2. The first-order valence-electron chi connectivity index (χ1n) is 9.49. The highest BCUT2D eigenvalue weighted by Gasteiger charge is 2.47. The van der Waals surface area contributed by atoms with Gasteiger partial charge in [0, 0.05) is 17.1 Å². The first kappa shape index (κ1) is 22.3. The van der Waals surface area contributed by atoms with Gasteiger partial charge in [-0.2, -0.15) is 18.3 Å². The molecule has 0 radical (unpaired) electrons. The normalized spacial score (nSPS) is 17.9. The first-order chi connectivity index (χ1) is 15.2. The third-order valence-corrected chi connectivity index (χ3v) is 5.70. The van der Waals surface area contributed by atoms with Crippen LogP contribution in [0, 0.1) is 0 Å². The number of benzene rings is 2. The topological polar surface area (TPSA) is 68.2 Å². The van der Waals surface area contributed by atoms with Crippen molar-refractivity contribution in [2.45, 2.75) is 24.7 Å². The molecule has 32 heavy (non-hydrogen) atoms. The van der Waals surface area contributed by atoms with Crippen molar-refractivity contribution >= 4 is 40.6 Å². The molecule has 0 aliphatic carbocycles. The molecule has 0 saturated heterocycles. The van der Waals surface area contributed by atoms with Gasteiger partial charge in [0.05, 0.1) is 13.2 Å². The van der Waals surface area contributed by atoms with E-state index in [1.54, 1.807) is 42.5 Å². The third kappa shape index (κ3) is 4.35. The number of nitrogens with one attached hydrogen (secondary N) is 2. The van der Waals surface area contributed by atoms with Crippen LogP contribution in [0.3, 0.4) is 0 Å². The van der Waals surface area contributed by atoms with Crippen molar-refractivity contribution < 1.29 is 22.7 Å². The molecule has 6 nitrogen and oxygen atoms in total. The molecule has 0 fully saturated rings. The van der Waals surface area contributed by atoms with E-state index >= 15 is 0 Å². The monoisotopic (exact) mass is 484 g/mol. The quantitative estimate of drug-likeness (QED) is 0.468. The molecular weight excluding hydrogens is 468 g/mol. The van der Waals surface area contributed by atoms with E-state index in [0.717, 1.165) is 4.68 Å².